The van der Waals surface area contributed by atoms with Crippen LogP contribution in [0, 0.1) is 0 Å². The van der Waals surface area contributed by atoms with Crippen LogP contribution < -0.4 is 20.8 Å². The molecule has 116 valence electrons. The van der Waals surface area contributed by atoms with Gasteiger partial charge < -0.3 is 9.46 Å². The van der Waals surface area contributed by atoms with Crippen molar-refractivity contribution in [2.45, 2.75) is 0 Å². The van der Waals surface area contributed by atoms with Crippen LogP contribution in [0.1, 0.15) is 0 Å². The van der Waals surface area contributed by atoms with Crippen LogP contribution in [0.25, 0.3) is 0 Å². The fourth-order valence-electron chi connectivity index (χ4n) is 2.69. The lowest BCUT2D eigenvalue weighted by molar-refractivity contribution is 0.592. The Balaban J connectivity index is 2.26. The van der Waals surface area contributed by atoms with Crippen molar-refractivity contribution >= 4 is 28.7 Å². The molecule has 0 aliphatic heterocycles. The molecular formula is C20H20NOP. The highest BCUT2D eigenvalue weighted by molar-refractivity contribution is 7.85. The van der Waals surface area contributed by atoms with Crippen molar-refractivity contribution in [2.24, 2.45) is 0 Å². The van der Waals surface area contributed by atoms with Crippen molar-refractivity contribution in [1.82, 2.24) is 0 Å². The Hall–Kier alpha value is -2.31. The number of hydrogen-bond acceptors (Lipinski definition) is 2. The maximum atomic E-state index is 14.2. The van der Waals surface area contributed by atoms with Crippen LogP contribution in [0.5, 0.6) is 0 Å². The fraction of sp³-hybridized carbons (Fsp3) is 0.100. The zero-order valence-electron chi connectivity index (χ0n) is 13.4. The van der Waals surface area contributed by atoms with Gasteiger partial charge in [0.2, 0.25) is 0 Å². The van der Waals surface area contributed by atoms with Gasteiger partial charge in [-0.25, -0.2) is 0 Å². The molecule has 0 heterocycles. The van der Waals surface area contributed by atoms with Crippen LogP contribution in [0.3, 0.4) is 0 Å². The Morgan fingerprint density at radius 2 is 1.13 bits per heavy atom. The van der Waals surface area contributed by atoms with Crippen molar-refractivity contribution in [2.75, 3.05) is 19.0 Å². The lowest BCUT2D eigenvalue weighted by Crippen LogP contribution is -2.25. The summed E-state index contributed by atoms with van der Waals surface area (Å²) < 4.78 is 14.2. The summed E-state index contributed by atoms with van der Waals surface area (Å²) in [5.74, 6) is 0. The van der Waals surface area contributed by atoms with E-state index in [1.54, 1.807) is 0 Å². The Labute approximate surface area is 137 Å². The second-order valence-electron chi connectivity index (χ2n) is 5.69. The molecule has 0 unspecified atom stereocenters. The largest absolute Gasteiger partial charge is 0.378 e. The van der Waals surface area contributed by atoms with Gasteiger partial charge in [0, 0.05) is 35.7 Å². The van der Waals surface area contributed by atoms with E-state index in [1.807, 2.05) is 104 Å². The standard InChI is InChI=1S/C20H20NOP/c1-21(2)17-10-9-15-20(16-17)23(22,18-11-5-3-6-12-18)19-13-7-4-8-14-19/h3-16H,1-2H3. The van der Waals surface area contributed by atoms with E-state index in [1.165, 1.54) is 0 Å². The van der Waals surface area contributed by atoms with Gasteiger partial charge in [0.1, 0.15) is 0 Å². The summed E-state index contributed by atoms with van der Waals surface area (Å²) in [4.78, 5) is 2.03. The fourth-order valence-corrected chi connectivity index (χ4v) is 5.38. The third-order valence-electron chi connectivity index (χ3n) is 3.95. The van der Waals surface area contributed by atoms with Crippen LogP contribution in [0.2, 0.25) is 0 Å². The SMILES string of the molecule is CN(C)c1cccc(P(=O)(c2ccccc2)c2ccccc2)c1. The summed E-state index contributed by atoms with van der Waals surface area (Å²) in [6.07, 6.45) is 0. The summed E-state index contributed by atoms with van der Waals surface area (Å²) >= 11 is 0. The molecule has 3 aromatic carbocycles. The highest BCUT2D eigenvalue weighted by Gasteiger charge is 2.29. The molecule has 3 heteroatoms. The molecular weight excluding hydrogens is 301 g/mol. The molecule has 0 N–H and O–H groups in total. The number of hydrogen-bond donors (Lipinski definition) is 0. The van der Waals surface area contributed by atoms with E-state index in [-0.39, 0.29) is 0 Å². The smallest absolute Gasteiger partial charge is 0.171 e. The van der Waals surface area contributed by atoms with E-state index >= 15 is 0 Å². The number of anilines is 1. The maximum absolute atomic E-state index is 14.2. The lowest BCUT2D eigenvalue weighted by atomic mass is 10.3. The lowest BCUT2D eigenvalue weighted by Gasteiger charge is -2.22. The highest BCUT2D eigenvalue weighted by Crippen LogP contribution is 2.42. The normalized spacial score (nSPS) is 11.2. The van der Waals surface area contributed by atoms with Crippen molar-refractivity contribution in [3.05, 3.63) is 84.9 Å². The van der Waals surface area contributed by atoms with Crippen molar-refractivity contribution in [1.29, 1.82) is 0 Å². The molecule has 0 aromatic heterocycles. The molecule has 3 aromatic rings. The molecule has 0 fully saturated rings. The summed E-state index contributed by atoms with van der Waals surface area (Å²) in [6.45, 7) is 0. The van der Waals surface area contributed by atoms with Crippen molar-refractivity contribution < 1.29 is 4.57 Å². The zero-order chi connectivity index (χ0) is 16.3. The predicted octanol–water partition coefficient (Wildman–Crippen LogP) is 3.39. The van der Waals surface area contributed by atoms with Crippen LogP contribution >= 0.6 is 7.14 Å². The minimum atomic E-state index is -2.87. The second-order valence-corrected chi connectivity index (χ2v) is 8.46. The average Bonchev–Trinajstić information content (AvgIpc) is 2.62. The Kier molecular flexibility index (Phi) is 4.36. The van der Waals surface area contributed by atoms with Gasteiger partial charge in [0.05, 0.1) is 0 Å². The predicted molar refractivity (Wildman–Crippen MR) is 100 cm³/mol. The summed E-state index contributed by atoms with van der Waals surface area (Å²) in [5, 5.41) is 2.59. The van der Waals surface area contributed by atoms with Gasteiger partial charge in [0.15, 0.2) is 7.14 Å². The molecule has 0 bridgehead atoms. The van der Waals surface area contributed by atoms with Gasteiger partial charge in [-0.3, -0.25) is 0 Å². The van der Waals surface area contributed by atoms with Crippen LogP contribution in [-0.2, 0) is 4.57 Å². The van der Waals surface area contributed by atoms with Gasteiger partial charge in [0.25, 0.3) is 0 Å². The maximum Gasteiger partial charge on any atom is 0.171 e. The Bertz CT molecular complexity index is 785. The van der Waals surface area contributed by atoms with Gasteiger partial charge in [-0.2, -0.15) is 0 Å². The van der Waals surface area contributed by atoms with Crippen molar-refractivity contribution in [3.63, 3.8) is 0 Å². The van der Waals surface area contributed by atoms with E-state index in [4.69, 9.17) is 0 Å². The van der Waals surface area contributed by atoms with Gasteiger partial charge in [-0.1, -0.05) is 72.8 Å². The number of nitrogens with zero attached hydrogens (tertiary/aromatic N) is 1. The minimum absolute atomic E-state index is 0.862. The summed E-state index contributed by atoms with van der Waals surface area (Å²) in [5.41, 5.74) is 1.05. The minimum Gasteiger partial charge on any atom is -0.378 e. The van der Waals surface area contributed by atoms with E-state index in [9.17, 15) is 4.57 Å². The average molecular weight is 321 g/mol. The summed E-state index contributed by atoms with van der Waals surface area (Å²) in [7, 11) is 1.12. The quantitative estimate of drug-likeness (QED) is 0.687. The van der Waals surface area contributed by atoms with E-state index in [2.05, 4.69) is 0 Å². The molecule has 0 aliphatic rings. The first-order valence-corrected chi connectivity index (χ1v) is 9.32. The van der Waals surface area contributed by atoms with Gasteiger partial charge >= 0.3 is 0 Å². The highest BCUT2D eigenvalue weighted by atomic mass is 31.2. The first-order chi connectivity index (χ1) is 11.1. The number of rotatable bonds is 4. The van der Waals surface area contributed by atoms with Gasteiger partial charge in [-0.05, 0) is 12.1 Å². The first-order valence-electron chi connectivity index (χ1n) is 7.61. The van der Waals surface area contributed by atoms with Crippen LogP contribution in [0.4, 0.5) is 5.69 Å². The zero-order valence-corrected chi connectivity index (χ0v) is 14.3. The molecule has 3 rings (SSSR count). The molecule has 0 amide bonds. The third kappa shape index (κ3) is 2.95. The van der Waals surface area contributed by atoms with Crippen LogP contribution in [-0.4, -0.2) is 14.1 Å². The van der Waals surface area contributed by atoms with Gasteiger partial charge in [-0.15, -0.1) is 0 Å². The topological polar surface area (TPSA) is 20.3 Å². The van der Waals surface area contributed by atoms with E-state index < -0.39 is 7.14 Å². The summed E-state index contributed by atoms with van der Waals surface area (Å²) in [6, 6.07) is 27.5. The third-order valence-corrected chi connectivity index (χ3v) is 7.01. The molecule has 0 saturated heterocycles. The molecule has 0 aliphatic carbocycles. The van der Waals surface area contributed by atoms with Crippen LogP contribution in [0.15, 0.2) is 84.9 Å². The Morgan fingerprint density at radius 1 is 0.652 bits per heavy atom. The van der Waals surface area contributed by atoms with E-state index in [0.717, 1.165) is 21.6 Å². The molecule has 0 atom stereocenters. The first kappa shape index (κ1) is 15.6. The second kappa shape index (κ2) is 6.44. The molecule has 2 nitrogen and oxygen atoms in total. The van der Waals surface area contributed by atoms with Crippen molar-refractivity contribution in [3.8, 4) is 0 Å². The molecule has 0 spiro atoms. The number of benzene rings is 3. The Morgan fingerprint density at radius 3 is 1.61 bits per heavy atom. The van der Waals surface area contributed by atoms with E-state index in [0.29, 0.717) is 0 Å². The molecule has 23 heavy (non-hydrogen) atoms. The monoisotopic (exact) mass is 321 g/mol. The molecule has 0 radical (unpaired) electrons. The molecule has 0 saturated carbocycles.